The van der Waals surface area contributed by atoms with Crippen molar-refractivity contribution in [2.75, 3.05) is 11.1 Å². The molecule has 0 aromatic heterocycles. The molecule has 0 saturated carbocycles. The summed E-state index contributed by atoms with van der Waals surface area (Å²) in [6.07, 6.45) is 0. The van der Waals surface area contributed by atoms with Crippen LogP contribution in [0.4, 0.5) is 33.3 Å². The van der Waals surface area contributed by atoms with E-state index in [1.54, 1.807) is 0 Å². The van der Waals surface area contributed by atoms with E-state index in [1.165, 1.54) is 0 Å². The molecule has 0 atom stereocenters. The molecule has 3 nitrogen and oxygen atoms in total. The first-order chi connectivity index (χ1) is 9.79. The first-order valence-corrected chi connectivity index (χ1v) is 5.50. The highest BCUT2D eigenvalue weighted by Crippen LogP contribution is 2.20. The molecule has 0 radical (unpaired) electrons. The van der Waals surface area contributed by atoms with E-state index in [4.69, 9.17) is 5.73 Å². The second-order valence-corrected chi connectivity index (χ2v) is 4.06. The predicted molar refractivity (Wildman–Crippen MR) is 65.0 cm³/mol. The fraction of sp³-hybridized carbons (Fsp3) is 0. The average molecular weight is 302 g/mol. The van der Waals surface area contributed by atoms with Crippen LogP contribution in [-0.4, -0.2) is 5.91 Å². The molecule has 8 heteroatoms. The van der Waals surface area contributed by atoms with Crippen molar-refractivity contribution in [1.29, 1.82) is 0 Å². The van der Waals surface area contributed by atoms with Crippen molar-refractivity contribution in [2.45, 2.75) is 0 Å². The summed E-state index contributed by atoms with van der Waals surface area (Å²) in [7, 11) is 0. The molecule has 0 bridgehead atoms. The van der Waals surface area contributed by atoms with Crippen molar-refractivity contribution in [3.63, 3.8) is 0 Å². The summed E-state index contributed by atoms with van der Waals surface area (Å²) < 4.78 is 65.1. The van der Waals surface area contributed by atoms with Crippen molar-refractivity contribution < 1.29 is 26.7 Å². The molecule has 110 valence electrons. The topological polar surface area (TPSA) is 55.1 Å². The van der Waals surface area contributed by atoms with Crippen molar-refractivity contribution in [3.05, 3.63) is 58.9 Å². The Morgan fingerprint density at radius 3 is 1.81 bits per heavy atom. The monoisotopic (exact) mass is 302 g/mol. The lowest BCUT2D eigenvalue weighted by atomic mass is 10.1. The standard InChI is InChI=1S/C13H7F5N2O/c14-7-3-6(4-8(15)11(7)18)20-13(21)5-1-9(16)12(19)10(17)2-5/h1-4H,19H2,(H,20,21). The zero-order chi connectivity index (χ0) is 15.7. The summed E-state index contributed by atoms with van der Waals surface area (Å²) in [6.45, 7) is 0. The summed E-state index contributed by atoms with van der Waals surface area (Å²) >= 11 is 0. The third kappa shape index (κ3) is 2.93. The number of halogens is 5. The molecule has 1 amide bonds. The number of carbonyl (C=O) groups excluding carboxylic acids is 1. The van der Waals surface area contributed by atoms with Crippen molar-refractivity contribution in [3.8, 4) is 0 Å². The summed E-state index contributed by atoms with van der Waals surface area (Å²) in [4.78, 5) is 11.7. The van der Waals surface area contributed by atoms with Crippen molar-refractivity contribution >= 4 is 17.3 Å². The van der Waals surface area contributed by atoms with Crippen LogP contribution in [0.3, 0.4) is 0 Å². The maximum Gasteiger partial charge on any atom is 0.255 e. The van der Waals surface area contributed by atoms with Crippen LogP contribution in [-0.2, 0) is 0 Å². The number of benzene rings is 2. The number of anilines is 2. The highest BCUT2D eigenvalue weighted by molar-refractivity contribution is 6.04. The molecule has 0 saturated heterocycles. The third-order valence-electron chi connectivity index (χ3n) is 2.58. The van der Waals surface area contributed by atoms with Gasteiger partial charge in [-0.3, -0.25) is 4.79 Å². The largest absolute Gasteiger partial charge is 0.394 e. The van der Waals surface area contributed by atoms with Crippen LogP contribution >= 0.6 is 0 Å². The molecule has 0 heterocycles. The third-order valence-corrected chi connectivity index (χ3v) is 2.58. The van der Waals surface area contributed by atoms with Crippen LogP contribution in [0.15, 0.2) is 24.3 Å². The van der Waals surface area contributed by atoms with Crippen LogP contribution in [0.1, 0.15) is 10.4 Å². The van der Waals surface area contributed by atoms with E-state index >= 15 is 0 Å². The highest BCUT2D eigenvalue weighted by Gasteiger charge is 2.16. The second kappa shape index (κ2) is 5.39. The molecule has 21 heavy (non-hydrogen) atoms. The van der Waals surface area contributed by atoms with Gasteiger partial charge in [0.2, 0.25) is 0 Å². The van der Waals surface area contributed by atoms with Crippen molar-refractivity contribution in [2.24, 2.45) is 0 Å². The quantitative estimate of drug-likeness (QED) is 0.508. The molecular weight excluding hydrogens is 295 g/mol. The molecule has 0 unspecified atom stereocenters. The normalized spacial score (nSPS) is 10.5. The van der Waals surface area contributed by atoms with E-state index in [1.807, 2.05) is 5.32 Å². The van der Waals surface area contributed by atoms with Gasteiger partial charge in [-0.2, -0.15) is 0 Å². The molecule has 2 aromatic carbocycles. The van der Waals surface area contributed by atoms with Crippen LogP contribution in [0, 0.1) is 29.1 Å². The maximum absolute atomic E-state index is 13.2. The number of carbonyl (C=O) groups is 1. The fourth-order valence-corrected chi connectivity index (χ4v) is 1.55. The van der Waals surface area contributed by atoms with E-state index in [0.717, 1.165) is 0 Å². The van der Waals surface area contributed by atoms with Crippen LogP contribution in [0.2, 0.25) is 0 Å². The van der Waals surface area contributed by atoms with Gasteiger partial charge in [0.25, 0.3) is 5.91 Å². The van der Waals surface area contributed by atoms with E-state index in [0.29, 0.717) is 24.3 Å². The summed E-state index contributed by atoms with van der Waals surface area (Å²) in [5, 5.41) is 1.98. The van der Waals surface area contributed by atoms with Gasteiger partial charge in [0.05, 0.1) is 0 Å². The molecule has 0 aliphatic carbocycles. The lowest BCUT2D eigenvalue weighted by Gasteiger charge is -2.08. The number of nitrogens with one attached hydrogen (secondary N) is 1. The predicted octanol–water partition coefficient (Wildman–Crippen LogP) is 3.22. The summed E-state index contributed by atoms with van der Waals surface area (Å²) in [6, 6.07) is 2.37. The Bertz CT molecular complexity index is 686. The SMILES string of the molecule is Nc1c(F)cc(C(=O)Nc2cc(F)c(F)c(F)c2)cc1F. The van der Waals surface area contributed by atoms with Crippen LogP contribution in [0.25, 0.3) is 0 Å². The van der Waals surface area contributed by atoms with Gasteiger partial charge in [0, 0.05) is 23.4 Å². The lowest BCUT2D eigenvalue weighted by molar-refractivity contribution is 0.102. The van der Waals surface area contributed by atoms with E-state index in [9.17, 15) is 26.7 Å². The van der Waals surface area contributed by atoms with Crippen LogP contribution < -0.4 is 11.1 Å². The molecule has 2 aromatic rings. The van der Waals surface area contributed by atoms with Gasteiger partial charge in [0.1, 0.15) is 17.3 Å². The summed E-state index contributed by atoms with van der Waals surface area (Å²) in [5.41, 5.74) is 3.42. The molecule has 3 N–H and O–H groups in total. The number of nitrogens with two attached hydrogens (primary N) is 1. The average Bonchev–Trinajstić information content (AvgIpc) is 2.41. The number of amides is 1. The Morgan fingerprint density at radius 1 is 0.857 bits per heavy atom. The van der Waals surface area contributed by atoms with Gasteiger partial charge in [-0.15, -0.1) is 0 Å². The Kier molecular flexibility index (Phi) is 3.79. The molecular formula is C13H7F5N2O. The first-order valence-electron chi connectivity index (χ1n) is 5.50. The van der Waals surface area contributed by atoms with Gasteiger partial charge in [-0.05, 0) is 12.1 Å². The van der Waals surface area contributed by atoms with E-state index in [-0.39, 0.29) is 0 Å². The Morgan fingerprint density at radius 2 is 1.33 bits per heavy atom. The van der Waals surface area contributed by atoms with Gasteiger partial charge in [0.15, 0.2) is 17.5 Å². The Labute approximate surface area is 115 Å². The molecule has 0 aliphatic heterocycles. The highest BCUT2D eigenvalue weighted by atomic mass is 19.2. The zero-order valence-corrected chi connectivity index (χ0v) is 10.2. The number of hydrogen-bond donors (Lipinski definition) is 2. The lowest BCUT2D eigenvalue weighted by Crippen LogP contribution is -2.14. The number of nitrogen functional groups attached to an aromatic ring is 1. The smallest absolute Gasteiger partial charge is 0.255 e. The van der Waals surface area contributed by atoms with Gasteiger partial charge in [-0.1, -0.05) is 0 Å². The molecule has 0 fully saturated rings. The number of hydrogen-bond acceptors (Lipinski definition) is 2. The first kappa shape index (κ1) is 14.8. The fourth-order valence-electron chi connectivity index (χ4n) is 1.55. The van der Waals surface area contributed by atoms with Gasteiger partial charge < -0.3 is 11.1 Å². The van der Waals surface area contributed by atoms with Gasteiger partial charge >= 0.3 is 0 Å². The Balaban J connectivity index is 2.30. The molecule has 0 aliphatic rings. The molecule has 2 rings (SSSR count). The molecule has 0 spiro atoms. The maximum atomic E-state index is 13.2. The van der Waals surface area contributed by atoms with Gasteiger partial charge in [-0.25, -0.2) is 22.0 Å². The van der Waals surface area contributed by atoms with Crippen LogP contribution in [0.5, 0.6) is 0 Å². The van der Waals surface area contributed by atoms with Crippen molar-refractivity contribution in [1.82, 2.24) is 0 Å². The zero-order valence-electron chi connectivity index (χ0n) is 10.2. The minimum atomic E-state index is -1.70. The van der Waals surface area contributed by atoms with E-state index < -0.39 is 51.9 Å². The summed E-state index contributed by atoms with van der Waals surface area (Å²) in [5.74, 6) is -8.08. The number of rotatable bonds is 2. The Hall–Kier alpha value is -2.64. The minimum absolute atomic E-state index is 0.408. The second-order valence-electron chi connectivity index (χ2n) is 4.06. The van der Waals surface area contributed by atoms with E-state index in [2.05, 4.69) is 0 Å². The minimum Gasteiger partial charge on any atom is -0.394 e.